The summed E-state index contributed by atoms with van der Waals surface area (Å²) in [6, 6.07) is 25.4. The predicted molar refractivity (Wildman–Crippen MR) is 370 cm³/mol. The normalized spacial score (nSPS) is 21.1. The number of rotatable bonds is 5. The van der Waals surface area contributed by atoms with Gasteiger partial charge in [0.1, 0.15) is 11.2 Å². The maximum absolute atomic E-state index is 12.7. The van der Waals surface area contributed by atoms with Gasteiger partial charge < -0.3 is 47.0 Å². The Kier molecular flexibility index (Phi) is 27.7. The molecule has 0 saturated carbocycles. The van der Waals surface area contributed by atoms with Crippen LogP contribution in [0.5, 0.6) is 0 Å². The molecule has 8 heterocycles. The molecule has 19 nitrogen and oxygen atoms in total. The van der Waals surface area contributed by atoms with E-state index in [0.29, 0.717) is 50.1 Å². The Bertz CT molecular complexity index is 3740. The van der Waals surface area contributed by atoms with Gasteiger partial charge in [0.05, 0.1) is 5.70 Å². The predicted octanol–water partition coefficient (Wildman–Crippen LogP) is 10.9. The summed E-state index contributed by atoms with van der Waals surface area (Å²) in [7, 11) is -5.84. The van der Waals surface area contributed by atoms with Gasteiger partial charge in [-0.05, 0) is 218 Å². The summed E-state index contributed by atoms with van der Waals surface area (Å²) in [6.07, 6.45) is 14.8. The van der Waals surface area contributed by atoms with Crippen molar-refractivity contribution in [3.8, 4) is 0 Å². The minimum Gasteiger partial charge on any atom is -1.00 e. The van der Waals surface area contributed by atoms with Crippen LogP contribution in [0.15, 0.2) is 96.9 Å². The number of halogens is 3. The molecule has 8 aliphatic heterocycles. The molecular weight excluding hydrogens is 1280 g/mol. The quantitative estimate of drug-likeness (QED) is 0.0620. The zero-order valence-corrected chi connectivity index (χ0v) is 60.9. The minimum absolute atomic E-state index is 0. The third-order valence-electron chi connectivity index (χ3n) is 16.9. The third kappa shape index (κ3) is 23.0. The number of hydrogen-bond donors (Lipinski definition) is 6. The molecule has 3 radical (unpaired) electrons. The van der Waals surface area contributed by atoms with Crippen molar-refractivity contribution < 1.29 is 95.0 Å². The average Bonchev–Trinajstić information content (AvgIpc) is 0.814. The zero-order chi connectivity index (χ0) is 69.2. The average molecular weight is 1370 g/mol. The van der Waals surface area contributed by atoms with Gasteiger partial charge in [0.15, 0.2) is 0 Å². The third-order valence-corrected chi connectivity index (χ3v) is 17.8. The summed E-state index contributed by atoms with van der Waals surface area (Å²) in [5.41, 5.74) is 8.72. The van der Waals surface area contributed by atoms with Crippen LogP contribution in [-0.2, 0) is 68.6 Å². The molecule has 0 unspecified atom stereocenters. The first-order valence-corrected chi connectivity index (χ1v) is 34.3. The number of amides is 6. The van der Waals surface area contributed by atoms with E-state index >= 15 is 0 Å². The van der Waals surface area contributed by atoms with Crippen molar-refractivity contribution in [3.63, 3.8) is 0 Å². The number of fused-ring (bicyclic) bond motifs is 4. The van der Waals surface area contributed by atoms with Crippen LogP contribution in [0, 0.1) is 30.6 Å². The molecule has 8 aliphatic rings. The van der Waals surface area contributed by atoms with E-state index in [-0.39, 0.29) is 88.0 Å². The molecule has 0 spiro atoms. The van der Waals surface area contributed by atoms with E-state index in [4.69, 9.17) is 9.47 Å². The number of carbonyl (C=O) groups excluding carboxylic acids is 6. The summed E-state index contributed by atoms with van der Waals surface area (Å²) in [5, 5.41) is 18.7. The summed E-state index contributed by atoms with van der Waals surface area (Å²) in [6.45, 7) is 23.7. The SMILES string of the molecule is C[C@H]1CC=C(OS(=O)(=O)C(F)(F)F)N(C(=O)OC(C)(C)C)C1.C[C@H]1CC=C(c2ccc3c(c2)CCC(=O)N3)N(C(=O)OC(C)(C)C)C1.C[C@H]1CC=C(c2ccc3c(c2)CCC(=O)N3)NC1.C[C@H]1CC[C@H](c2ccc3c(c2)CCC(=O)N3)NC1.Cc1ccc2c(c1)CCC(=O)N2.[B].[H-].[Na+]. The number of alkyl halides is 3. The summed E-state index contributed by atoms with van der Waals surface area (Å²) in [4.78, 5) is 72.4. The molecule has 4 aromatic carbocycles. The summed E-state index contributed by atoms with van der Waals surface area (Å²) in [5.74, 6) is 1.58. The number of benzene rings is 4. The van der Waals surface area contributed by atoms with Gasteiger partial charge in [-0.25, -0.2) is 14.5 Å². The van der Waals surface area contributed by atoms with E-state index in [1.54, 1.807) is 32.6 Å². The minimum atomic E-state index is -5.84. The number of nitrogens with zero attached hydrogens (tertiary/aromatic N) is 2. The number of allylic oxidation sites excluding steroid dienone is 3. The van der Waals surface area contributed by atoms with Crippen molar-refractivity contribution in [3.05, 3.63) is 141 Å². The molecule has 519 valence electrons. The Morgan fingerprint density at radius 2 is 0.979 bits per heavy atom. The van der Waals surface area contributed by atoms with Crippen LogP contribution in [0.4, 0.5) is 45.5 Å². The number of carbonyl (C=O) groups is 6. The Morgan fingerprint density at radius 3 is 1.46 bits per heavy atom. The fourth-order valence-corrected chi connectivity index (χ4v) is 12.2. The van der Waals surface area contributed by atoms with E-state index in [1.165, 1.54) is 51.9 Å². The topological polar surface area (TPSA) is 243 Å². The Labute approximate surface area is 595 Å². The number of ether oxygens (including phenoxy) is 2. The molecule has 1 saturated heterocycles. The van der Waals surface area contributed by atoms with Crippen molar-refractivity contribution in [2.24, 2.45) is 23.7 Å². The molecule has 1 fully saturated rings. The first-order chi connectivity index (χ1) is 44.6. The molecular formula is C72H94BF3N8NaO11S. The largest absolute Gasteiger partial charge is 1.00 e. The second-order valence-electron chi connectivity index (χ2n) is 28.0. The molecule has 97 heavy (non-hydrogen) atoms. The fraction of sp³-hybridized carbons (Fsp3) is 0.500. The number of anilines is 4. The van der Waals surface area contributed by atoms with E-state index in [9.17, 15) is 50.4 Å². The first-order valence-electron chi connectivity index (χ1n) is 32.9. The number of hydrogen-bond acceptors (Lipinski definition) is 13. The molecule has 0 aliphatic carbocycles. The monoisotopic (exact) mass is 1370 g/mol. The van der Waals surface area contributed by atoms with Crippen molar-refractivity contribution in [2.45, 2.75) is 182 Å². The van der Waals surface area contributed by atoms with Crippen LogP contribution >= 0.6 is 0 Å². The van der Waals surface area contributed by atoms with Crippen LogP contribution in [0.3, 0.4) is 0 Å². The van der Waals surface area contributed by atoms with Gasteiger partial charge >= 0.3 is 57.4 Å². The molecule has 6 N–H and O–H groups in total. The molecule has 6 amide bonds. The van der Waals surface area contributed by atoms with E-state index in [2.05, 4.69) is 118 Å². The van der Waals surface area contributed by atoms with Crippen molar-refractivity contribution >= 4 is 88.5 Å². The van der Waals surface area contributed by atoms with Crippen LogP contribution in [-0.4, -0.2) is 105 Å². The zero-order valence-electron chi connectivity index (χ0n) is 59.1. The van der Waals surface area contributed by atoms with Crippen LogP contribution in [0.2, 0.25) is 0 Å². The summed E-state index contributed by atoms with van der Waals surface area (Å²) < 4.78 is 74.1. The Morgan fingerprint density at radius 1 is 0.536 bits per heavy atom. The number of aryl methyl sites for hydroxylation is 5. The van der Waals surface area contributed by atoms with E-state index < -0.39 is 38.8 Å². The smallest absolute Gasteiger partial charge is 1.00 e. The second kappa shape index (κ2) is 34.1. The van der Waals surface area contributed by atoms with Gasteiger partial charge in [-0.15, -0.1) is 0 Å². The number of piperidine rings is 1. The van der Waals surface area contributed by atoms with Gasteiger partial charge in [-0.1, -0.05) is 81.8 Å². The van der Waals surface area contributed by atoms with Crippen LogP contribution in [0.25, 0.3) is 11.4 Å². The van der Waals surface area contributed by atoms with Crippen molar-refractivity contribution in [2.75, 3.05) is 47.4 Å². The van der Waals surface area contributed by atoms with Crippen LogP contribution < -0.4 is 61.5 Å². The molecule has 4 aromatic rings. The van der Waals surface area contributed by atoms with Gasteiger partial charge in [-0.2, -0.15) is 21.6 Å². The molecule has 0 bridgehead atoms. The standard InChI is InChI=1S/C20H26N2O3.C15H20N2O.C15H18N2O.C12H18F3NO5S.C10H11NO.B.Na.H/c1-13-5-9-17(22(12-13)19(24)25-20(2,3)4)15-6-8-16-14(11-15)7-10-18(23)21-16;2*1-10-2-5-13(16-9-10)11-3-6-14-12(8-11)4-7-15(18)17-14;1-8-5-6-9(21-22(18,19)12(13,14)15)16(7-8)10(17)20-11(2,3)4;1-7-2-4-9-8(6-7)3-5-10(12)11-9;;;/h6,8-9,11,13H,5,7,10,12H2,1-4H3,(H,21,23);3,6,8,10,13,16H,2,4-5,7,9H2,1H3,(H,17,18);3,5-6,8,10,16H,2,4,7,9H2,1H3,(H,17,18);6,8H,5,7H2,1-4H3;2,4,6H,3,5H2,1H3,(H,11,12);;;/q;;;;;;+1;-1/t13-;10-,13+;10-;8-;;;;/m0000..../s1. The number of nitrogens with one attached hydrogen (secondary N) is 6. The van der Waals surface area contributed by atoms with Gasteiger partial charge in [0, 0.05) is 88.2 Å². The molecule has 12 rings (SSSR count). The Balaban J connectivity index is 0.000000223. The van der Waals surface area contributed by atoms with E-state index in [0.717, 1.165) is 108 Å². The maximum atomic E-state index is 12.7. The van der Waals surface area contributed by atoms with Gasteiger partial charge in [0.25, 0.3) is 0 Å². The van der Waals surface area contributed by atoms with Crippen molar-refractivity contribution in [1.29, 1.82) is 0 Å². The van der Waals surface area contributed by atoms with E-state index in [1.807, 2.05) is 51.1 Å². The van der Waals surface area contributed by atoms with Gasteiger partial charge in [-0.3, -0.25) is 24.1 Å². The maximum Gasteiger partial charge on any atom is 1.00 e. The second-order valence-corrected chi connectivity index (χ2v) is 29.5. The molecule has 25 heteroatoms. The Hall–Kier alpha value is -7.12. The summed E-state index contributed by atoms with van der Waals surface area (Å²) >= 11 is 0. The molecule has 5 atom stereocenters. The van der Waals surface area contributed by atoms with Gasteiger partial charge in [0.2, 0.25) is 29.5 Å². The van der Waals surface area contributed by atoms with Crippen LogP contribution in [0.1, 0.15) is 179 Å². The molecule has 0 aromatic heterocycles. The first kappa shape index (κ1) is 78.9. The van der Waals surface area contributed by atoms with Crippen molar-refractivity contribution in [1.82, 2.24) is 20.4 Å². The fourth-order valence-electron chi connectivity index (χ4n) is 11.8.